The molecule has 0 aliphatic heterocycles. The van der Waals surface area contributed by atoms with Gasteiger partial charge in [0.1, 0.15) is 0 Å². The molecule has 0 atom stereocenters. The molecule has 0 radical (unpaired) electrons. The zero-order valence-electron chi connectivity index (χ0n) is 13.1. The molecule has 23 heavy (non-hydrogen) atoms. The number of carbonyl (C=O) groups excluding carboxylic acids is 2. The molecule has 0 saturated heterocycles. The number of rotatable bonds is 7. The lowest BCUT2D eigenvalue weighted by molar-refractivity contribution is -0.148. The first-order valence-electron chi connectivity index (χ1n) is 7.13. The van der Waals surface area contributed by atoms with E-state index in [4.69, 9.17) is 10.3 Å². The molecule has 0 N–H and O–H groups in total. The minimum atomic E-state index is -1.02. The molecule has 0 saturated carbocycles. The lowest BCUT2D eigenvalue weighted by Crippen LogP contribution is -2.29. The van der Waals surface area contributed by atoms with E-state index in [2.05, 4.69) is 15.3 Å². The Morgan fingerprint density at radius 1 is 1.22 bits per heavy atom. The molecule has 6 nitrogen and oxygen atoms in total. The van der Waals surface area contributed by atoms with E-state index in [0.717, 1.165) is 11.1 Å². The molecule has 120 valence electrons. The highest BCUT2D eigenvalue weighted by Crippen LogP contribution is 2.10. The van der Waals surface area contributed by atoms with E-state index in [9.17, 15) is 9.59 Å². The molecule has 0 bridgehead atoms. The van der Waals surface area contributed by atoms with E-state index < -0.39 is 17.7 Å². The molecule has 1 aromatic carbocycles. The van der Waals surface area contributed by atoms with Crippen molar-refractivity contribution in [2.45, 2.75) is 20.3 Å². The van der Waals surface area contributed by atoms with Crippen molar-refractivity contribution in [1.82, 2.24) is 0 Å². The number of hydrogen-bond acceptors (Lipinski definition) is 4. The topological polar surface area (TPSA) is 89.0 Å². The van der Waals surface area contributed by atoms with Crippen LogP contribution in [-0.2, 0) is 19.1 Å². The molecule has 0 amide bonds. The summed E-state index contributed by atoms with van der Waals surface area (Å²) >= 11 is 0. The first-order chi connectivity index (χ1) is 11.1. The van der Waals surface area contributed by atoms with Gasteiger partial charge in [-0.2, -0.15) is 4.79 Å². The summed E-state index contributed by atoms with van der Waals surface area (Å²) in [5.74, 6) is -2.04. The average Bonchev–Trinajstić information content (AvgIpc) is 2.56. The van der Waals surface area contributed by atoms with Crippen LogP contribution in [-0.4, -0.2) is 35.7 Å². The van der Waals surface area contributed by atoms with Crippen LogP contribution in [0.2, 0.25) is 0 Å². The Bertz CT molecular complexity index is 667. The fourth-order valence-corrected chi connectivity index (χ4v) is 1.64. The highest BCUT2D eigenvalue weighted by atomic mass is 16.6. The quantitative estimate of drug-likeness (QED) is 0.147. The van der Waals surface area contributed by atoms with Gasteiger partial charge in [-0.25, -0.2) is 9.59 Å². The van der Waals surface area contributed by atoms with Gasteiger partial charge in [-0.3, -0.25) is 0 Å². The van der Waals surface area contributed by atoms with E-state index in [1.54, 1.807) is 13.0 Å². The molecule has 0 unspecified atom stereocenters. The van der Waals surface area contributed by atoms with Gasteiger partial charge in [0, 0.05) is 6.42 Å². The number of nitrogens with zero attached hydrogens (tertiary/aromatic N) is 2. The predicted octanol–water partition coefficient (Wildman–Crippen LogP) is 2.41. The summed E-state index contributed by atoms with van der Waals surface area (Å²) in [6.07, 6.45) is 2.15. The normalized spacial score (nSPS) is 9.13. The molecule has 0 heterocycles. The zero-order valence-corrected chi connectivity index (χ0v) is 13.1. The molecule has 6 heteroatoms. The van der Waals surface area contributed by atoms with Gasteiger partial charge < -0.3 is 15.0 Å². The summed E-state index contributed by atoms with van der Waals surface area (Å²) in [5, 5.41) is 0. The van der Waals surface area contributed by atoms with Crippen molar-refractivity contribution in [3.8, 4) is 0 Å². The Kier molecular flexibility index (Phi) is 7.79. The van der Waals surface area contributed by atoms with Gasteiger partial charge in [0.2, 0.25) is 0 Å². The second kappa shape index (κ2) is 9.90. The smallest absolute Gasteiger partial charge is 0.457 e. The first kappa shape index (κ1) is 18.1. The van der Waals surface area contributed by atoms with E-state index in [1.807, 2.05) is 37.3 Å². The van der Waals surface area contributed by atoms with E-state index in [0.29, 0.717) is 6.42 Å². The molecular formula is C17H18N2O4. The number of esters is 2. The van der Waals surface area contributed by atoms with Crippen molar-refractivity contribution < 1.29 is 23.9 Å². The largest absolute Gasteiger partial charge is 0.482 e. The fourth-order valence-electron chi connectivity index (χ4n) is 1.64. The van der Waals surface area contributed by atoms with E-state index in [-0.39, 0.29) is 13.2 Å². The van der Waals surface area contributed by atoms with Crippen molar-refractivity contribution in [3.05, 3.63) is 53.2 Å². The van der Waals surface area contributed by atoms with Gasteiger partial charge in [-0.15, -0.1) is 5.73 Å². The minimum Gasteiger partial charge on any atom is -0.457 e. The van der Waals surface area contributed by atoms with Gasteiger partial charge in [-0.05, 0) is 31.1 Å². The highest BCUT2D eigenvalue weighted by Gasteiger charge is 2.32. The van der Waals surface area contributed by atoms with Crippen LogP contribution in [0.4, 0.5) is 0 Å². The molecule has 0 aliphatic rings. The molecule has 0 spiro atoms. The third-order valence-electron chi connectivity index (χ3n) is 2.78. The van der Waals surface area contributed by atoms with Crippen LogP contribution < -0.4 is 0 Å². The first-order valence-corrected chi connectivity index (χ1v) is 7.13. The zero-order chi connectivity index (χ0) is 17.1. The Morgan fingerprint density at radius 2 is 1.87 bits per heavy atom. The van der Waals surface area contributed by atoms with Gasteiger partial charge in [0.05, 0.1) is 13.2 Å². The fraction of sp³-hybridized carbons (Fsp3) is 0.294. The van der Waals surface area contributed by atoms with Crippen LogP contribution in [0, 0.1) is 0 Å². The van der Waals surface area contributed by atoms with Gasteiger partial charge in [-0.1, -0.05) is 30.3 Å². The monoisotopic (exact) mass is 314 g/mol. The van der Waals surface area contributed by atoms with Crippen LogP contribution in [0.1, 0.15) is 25.8 Å². The second-order valence-corrected chi connectivity index (χ2v) is 4.43. The minimum absolute atomic E-state index is 0.0341. The van der Waals surface area contributed by atoms with Crippen LogP contribution in [0.3, 0.4) is 0 Å². The molecule has 1 aromatic rings. The Balaban J connectivity index is 2.51. The Labute approximate surface area is 134 Å². The van der Waals surface area contributed by atoms with Crippen molar-refractivity contribution >= 4 is 23.2 Å². The summed E-state index contributed by atoms with van der Waals surface area (Å²) in [6.45, 7) is 3.60. The Hall–Kier alpha value is -2.94. The summed E-state index contributed by atoms with van der Waals surface area (Å²) in [7, 11) is 0. The van der Waals surface area contributed by atoms with Crippen molar-refractivity contribution in [3.63, 3.8) is 0 Å². The number of carbonyl (C=O) groups is 2. The Morgan fingerprint density at radius 3 is 2.48 bits per heavy atom. The van der Waals surface area contributed by atoms with Crippen LogP contribution >= 0.6 is 0 Å². The molecule has 1 rings (SSSR count). The number of hydrogen-bond donors (Lipinski definition) is 0. The van der Waals surface area contributed by atoms with Gasteiger partial charge >= 0.3 is 17.7 Å². The lowest BCUT2D eigenvalue weighted by atomic mass is 10.1. The SMILES string of the molecule is CCOC(=O)C(=[N+]=[N-])C(=O)OCCC=C=C(C)c1ccccc1. The summed E-state index contributed by atoms with van der Waals surface area (Å²) in [6, 6.07) is 9.75. The van der Waals surface area contributed by atoms with E-state index >= 15 is 0 Å². The van der Waals surface area contributed by atoms with Crippen LogP contribution in [0.15, 0.2) is 42.1 Å². The molecule has 0 aromatic heterocycles. The molecular weight excluding hydrogens is 296 g/mol. The average molecular weight is 314 g/mol. The standard InChI is InChI=1S/C17H18N2O4/c1-3-22-16(20)15(19-18)17(21)23-12-8-7-9-13(2)14-10-5-4-6-11-14/h4-7,10-11H,3,8,12H2,1-2H3. The summed E-state index contributed by atoms with van der Waals surface area (Å²) in [4.78, 5) is 25.5. The third-order valence-corrected chi connectivity index (χ3v) is 2.78. The molecule has 0 fully saturated rings. The van der Waals surface area contributed by atoms with Gasteiger partial charge in [0.15, 0.2) is 0 Å². The van der Waals surface area contributed by atoms with Crippen molar-refractivity contribution in [2.24, 2.45) is 0 Å². The van der Waals surface area contributed by atoms with E-state index in [1.165, 1.54) is 0 Å². The molecule has 0 aliphatic carbocycles. The van der Waals surface area contributed by atoms with Gasteiger partial charge in [0.25, 0.3) is 0 Å². The number of ether oxygens (including phenoxy) is 2. The lowest BCUT2D eigenvalue weighted by Gasteiger charge is -1.99. The maximum Gasteiger partial charge on any atom is 0.482 e. The third kappa shape index (κ3) is 6.14. The maximum atomic E-state index is 11.6. The van der Waals surface area contributed by atoms with Crippen LogP contribution in [0.5, 0.6) is 0 Å². The summed E-state index contributed by atoms with van der Waals surface area (Å²) in [5.41, 5.74) is 13.0. The second-order valence-electron chi connectivity index (χ2n) is 4.43. The highest BCUT2D eigenvalue weighted by molar-refractivity contribution is 6.60. The van der Waals surface area contributed by atoms with Crippen molar-refractivity contribution in [1.29, 1.82) is 0 Å². The predicted molar refractivity (Wildman–Crippen MR) is 84.4 cm³/mol. The van der Waals surface area contributed by atoms with Crippen molar-refractivity contribution in [2.75, 3.05) is 13.2 Å². The van der Waals surface area contributed by atoms with Crippen LogP contribution in [0.25, 0.3) is 11.1 Å². The number of benzene rings is 1. The maximum absolute atomic E-state index is 11.6. The summed E-state index contributed by atoms with van der Waals surface area (Å²) < 4.78 is 9.41.